The maximum Gasteiger partial charge on any atom is 0.244 e. The Morgan fingerprint density at radius 1 is 1.37 bits per heavy atom. The molecule has 1 saturated heterocycles. The molecule has 19 heavy (non-hydrogen) atoms. The average molecular weight is 284 g/mol. The topological polar surface area (TPSA) is 32.3 Å². The fraction of sp³-hybridized carbons (Fsp3) is 0.933. The molecule has 0 radical (unpaired) electrons. The van der Waals surface area contributed by atoms with Crippen LogP contribution < -0.4 is 5.32 Å². The van der Waals surface area contributed by atoms with E-state index in [4.69, 9.17) is 0 Å². The van der Waals surface area contributed by atoms with Crippen LogP contribution in [0.4, 0.5) is 0 Å². The van der Waals surface area contributed by atoms with Crippen molar-refractivity contribution >= 4 is 17.7 Å². The van der Waals surface area contributed by atoms with Crippen molar-refractivity contribution in [2.24, 2.45) is 0 Å². The first-order valence-electron chi connectivity index (χ1n) is 7.70. The van der Waals surface area contributed by atoms with Crippen LogP contribution in [0.15, 0.2) is 0 Å². The SMILES string of the molecule is CCCC1NC2(CC2)C(=O)N1CC(CC)(CC)SC. The van der Waals surface area contributed by atoms with Crippen molar-refractivity contribution in [2.75, 3.05) is 12.8 Å². The normalized spacial score (nSPS) is 25.4. The lowest BCUT2D eigenvalue weighted by atomic mass is 10.0. The number of carbonyl (C=O) groups excluding carboxylic acids is 1. The molecule has 0 aromatic heterocycles. The Morgan fingerprint density at radius 3 is 2.42 bits per heavy atom. The summed E-state index contributed by atoms with van der Waals surface area (Å²) >= 11 is 1.93. The van der Waals surface area contributed by atoms with Crippen LogP contribution in [0.5, 0.6) is 0 Å². The van der Waals surface area contributed by atoms with Gasteiger partial charge >= 0.3 is 0 Å². The summed E-state index contributed by atoms with van der Waals surface area (Å²) in [5.74, 6) is 0.367. The summed E-state index contributed by atoms with van der Waals surface area (Å²) in [6.07, 6.45) is 8.97. The average Bonchev–Trinajstić information content (AvgIpc) is 3.16. The minimum atomic E-state index is -0.161. The molecule has 1 atom stereocenters. The third-order valence-electron chi connectivity index (χ3n) is 4.98. The largest absolute Gasteiger partial charge is 0.324 e. The minimum absolute atomic E-state index is 0.161. The van der Waals surface area contributed by atoms with Crippen LogP contribution in [-0.4, -0.2) is 40.1 Å². The van der Waals surface area contributed by atoms with Gasteiger partial charge in [-0.1, -0.05) is 27.2 Å². The van der Waals surface area contributed by atoms with Gasteiger partial charge in [0.1, 0.15) is 0 Å². The monoisotopic (exact) mass is 284 g/mol. The lowest BCUT2D eigenvalue weighted by Gasteiger charge is -2.36. The quantitative estimate of drug-likeness (QED) is 0.780. The van der Waals surface area contributed by atoms with Gasteiger partial charge in [0.05, 0.1) is 11.7 Å². The molecule has 2 fully saturated rings. The molecule has 0 bridgehead atoms. The van der Waals surface area contributed by atoms with E-state index in [0.29, 0.717) is 5.91 Å². The fourth-order valence-corrected chi connectivity index (χ4v) is 4.02. The van der Waals surface area contributed by atoms with Crippen molar-refractivity contribution in [3.63, 3.8) is 0 Å². The number of rotatable bonds is 7. The molecule has 0 aromatic carbocycles. The molecule has 4 heteroatoms. The number of amides is 1. The maximum atomic E-state index is 12.7. The maximum absolute atomic E-state index is 12.7. The van der Waals surface area contributed by atoms with E-state index >= 15 is 0 Å². The van der Waals surface area contributed by atoms with Gasteiger partial charge in [-0.05, 0) is 38.4 Å². The van der Waals surface area contributed by atoms with Gasteiger partial charge in [0.2, 0.25) is 5.91 Å². The van der Waals surface area contributed by atoms with E-state index in [1.54, 1.807) is 0 Å². The highest BCUT2D eigenvalue weighted by Crippen LogP contribution is 2.44. The smallest absolute Gasteiger partial charge is 0.244 e. The molecule has 1 heterocycles. The van der Waals surface area contributed by atoms with Gasteiger partial charge in [0.25, 0.3) is 0 Å². The van der Waals surface area contributed by atoms with Crippen molar-refractivity contribution in [2.45, 2.75) is 75.7 Å². The van der Waals surface area contributed by atoms with Crippen molar-refractivity contribution < 1.29 is 4.79 Å². The molecule has 2 rings (SSSR count). The zero-order valence-corrected chi connectivity index (χ0v) is 13.6. The molecule has 1 amide bonds. The first-order valence-corrected chi connectivity index (χ1v) is 8.93. The van der Waals surface area contributed by atoms with Crippen LogP contribution in [0.25, 0.3) is 0 Å². The van der Waals surface area contributed by atoms with Crippen LogP contribution >= 0.6 is 11.8 Å². The van der Waals surface area contributed by atoms with Crippen molar-refractivity contribution in [1.29, 1.82) is 0 Å². The molecule has 1 spiro atoms. The van der Waals surface area contributed by atoms with Crippen LogP contribution in [0, 0.1) is 0 Å². The Kier molecular flexibility index (Phi) is 4.51. The van der Waals surface area contributed by atoms with Gasteiger partial charge in [-0.15, -0.1) is 0 Å². The van der Waals surface area contributed by atoms with E-state index in [1.165, 1.54) is 0 Å². The van der Waals surface area contributed by atoms with Crippen molar-refractivity contribution in [1.82, 2.24) is 10.2 Å². The lowest BCUT2D eigenvalue weighted by molar-refractivity contribution is -0.131. The molecule has 1 N–H and O–H groups in total. The Morgan fingerprint density at radius 2 is 2.00 bits per heavy atom. The van der Waals surface area contributed by atoms with Gasteiger partial charge < -0.3 is 4.90 Å². The number of thioether (sulfide) groups is 1. The van der Waals surface area contributed by atoms with Crippen molar-refractivity contribution in [3.8, 4) is 0 Å². The lowest BCUT2D eigenvalue weighted by Crippen LogP contribution is -2.46. The van der Waals surface area contributed by atoms with Crippen LogP contribution in [-0.2, 0) is 4.79 Å². The van der Waals surface area contributed by atoms with Gasteiger partial charge in [0.15, 0.2) is 0 Å². The highest BCUT2D eigenvalue weighted by molar-refractivity contribution is 8.00. The first-order chi connectivity index (χ1) is 9.06. The van der Waals surface area contributed by atoms with Gasteiger partial charge in [0, 0.05) is 11.3 Å². The predicted octanol–water partition coefficient (Wildman–Crippen LogP) is 3.00. The van der Waals surface area contributed by atoms with E-state index in [-0.39, 0.29) is 16.5 Å². The second kappa shape index (κ2) is 5.65. The Bertz CT molecular complexity index is 329. The molecule has 1 unspecified atom stereocenters. The summed E-state index contributed by atoms with van der Waals surface area (Å²) < 4.78 is 0.226. The molecular formula is C15H28N2OS. The molecule has 2 aliphatic rings. The van der Waals surface area contributed by atoms with E-state index in [9.17, 15) is 4.79 Å². The minimum Gasteiger partial charge on any atom is -0.324 e. The van der Waals surface area contributed by atoms with Gasteiger partial charge in [-0.2, -0.15) is 11.8 Å². The van der Waals surface area contributed by atoms with Crippen molar-refractivity contribution in [3.05, 3.63) is 0 Å². The van der Waals surface area contributed by atoms with Crippen LogP contribution in [0.1, 0.15) is 59.3 Å². The predicted molar refractivity (Wildman–Crippen MR) is 82.3 cm³/mol. The summed E-state index contributed by atoms with van der Waals surface area (Å²) in [5.41, 5.74) is -0.161. The van der Waals surface area contributed by atoms with Gasteiger partial charge in [-0.3, -0.25) is 10.1 Å². The third kappa shape index (κ3) is 2.66. The zero-order valence-electron chi connectivity index (χ0n) is 12.8. The molecule has 1 saturated carbocycles. The number of nitrogens with zero attached hydrogens (tertiary/aromatic N) is 1. The number of hydrogen-bond donors (Lipinski definition) is 1. The molecular weight excluding hydrogens is 256 g/mol. The van der Waals surface area contributed by atoms with E-state index < -0.39 is 0 Å². The summed E-state index contributed by atoms with van der Waals surface area (Å²) in [4.78, 5) is 14.8. The summed E-state index contributed by atoms with van der Waals surface area (Å²) in [6.45, 7) is 7.59. The molecule has 1 aliphatic carbocycles. The summed E-state index contributed by atoms with van der Waals surface area (Å²) in [6, 6.07) is 0. The van der Waals surface area contributed by atoms with E-state index in [1.807, 2.05) is 11.8 Å². The molecule has 3 nitrogen and oxygen atoms in total. The standard InChI is InChI=1S/C15H28N2OS/c1-5-8-12-16-15(9-10-15)13(18)17(12)11-14(6-2,7-3)19-4/h12,16H,5-11H2,1-4H3. The fourth-order valence-electron chi connectivity index (χ4n) is 3.18. The van der Waals surface area contributed by atoms with E-state index in [2.05, 4.69) is 37.2 Å². The summed E-state index contributed by atoms with van der Waals surface area (Å²) in [5, 5.41) is 3.60. The zero-order chi connectivity index (χ0) is 14.1. The Labute approximate surface area is 121 Å². The summed E-state index contributed by atoms with van der Waals surface area (Å²) in [7, 11) is 0. The second-order valence-electron chi connectivity index (χ2n) is 6.06. The first kappa shape index (κ1) is 15.2. The van der Waals surface area contributed by atoms with E-state index in [0.717, 1.165) is 45.1 Å². The molecule has 110 valence electrons. The Hall–Kier alpha value is -0.220. The highest BCUT2D eigenvalue weighted by atomic mass is 32.2. The number of nitrogens with one attached hydrogen (secondary N) is 1. The van der Waals surface area contributed by atoms with Crippen LogP contribution in [0.2, 0.25) is 0 Å². The van der Waals surface area contributed by atoms with Crippen LogP contribution in [0.3, 0.4) is 0 Å². The highest BCUT2D eigenvalue weighted by Gasteiger charge is 2.59. The second-order valence-corrected chi connectivity index (χ2v) is 7.33. The number of carbonyl (C=O) groups is 1. The van der Waals surface area contributed by atoms with Gasteiger partial charge in [-0.25, -0.2) is 0 Å². The Balaban J connectivity index is 2.13. The molecule has 0 aromatic rings. The molecule has 1 aliphatic heterocycles. The number of hydrogen-bond acceptors (Lipinski definition) is 3. The third-order valence-corrected chi connectivity index (χ3v) is 6.55.